The molecule has 3 rings (SSSR count). The molecular weight excluding hydrogens is 318 g/mol. The minimum atomic E-state index is -0.249. The SMILES string of the molecule is COc1cccc2cc(C(=O)/C=C\c3cccc(OCC#N)c3)oc12. The van der Waals surface area contributed by atoms with E-state index in [-0.39, 0.29) is 18.2 Å². The normalized spacial score (nSPS) is 10.7. The molecule has 2 aromatic carbocycles. The number of rotatable bonds is 6. The summed E-state index contributed by atoms with van der Waals surface area (Å²) in [5, 5.41) is 9.35. The van der Waals surface area contributed by atoms with Crippen LogP contribution in [-0.2, 0) is 0 Å². The molecule has 5 heteroatoms. The Morgan fingerprint density at radius 2 is 2.08 bits per heavy atom. The van der Waals surface area contributed by atoms with Crippen molar-refractivity contribution >= 4 is 22.8 Å². The highest BCUT2D eigenvalue weighted by Crippen LogP contribution is 2.28. The molecular formula is C20H15NO4. The van der Waals surface area contributed by atoms with Gasteiger partial charge in [0.2, 0.25) is 5.78 Å². The number of fused-ring (bicyclic) bond motifs is 1. The minimum absolute atomic E-state index is 0.0209. The van der Waals surface area contributed by atoms with E-state index in [1.165, 1.54) is 6.08 Å². The van der Waals surface area contributed by atoms with Crippen LogP contribution >= 0.6 is 0 Å². The average Bonchev–Trinajstić information content (AvgIpc) is 3.09. The molecule has 0 atom stereocenters. The van der Waals surface area contributed by atoms with Gasteiger partial charge in [-0.3, -0.25) is 4.79 Å². The Morgan fingerprint density at radius 1 is 1.24 bits per heavy atom. The van der Waals surface area contributed by atoms with Crippen molar-refractivity contribution in [3.8, 4) is 17.6 Å². The Morgan fingerprint density at radius 3 is 2.88 bits per heavy atom. The number of para-hydroxylation sites is 1. The van der Waals surface area contributed by atoms with Gasteiger partial charge in [-0.1, -0.05) is 30.3 Å². The first-order valence-electron chi connectivity index (χ1n) is 7.60. The number of carbonyl (C=O) groups is 1. The first-order chi connectivity index (χ1) is 12.2. The number of methoxy groups -OCH3 is 1. The fourth-order valence-electron chi connectivity index (χ4n) is 2.40. The van der Waals surface area contributed by atoms with Crippen molar-refractivity contribution in [2.24, 2.45) is 0 Å². The molecule has 25 heavy (non-hydrogen) atoms. The topological polar surface area (TPSA) is 72.5 Å². The number of nitriles is 1. The van der Waals surface area contributed by atoms with E-state index in [0.29, 0.717) is 17.1 Å². The number of hydrogen-bond acceptors (Lipinski definition) is 5. The molecule has 1 aromatic heterocycles. The van der Waals surface area contributed by atoms with Crippen molar-refractivity contribution in [3.05, 3.63) is 65.9 Å². The van der Waals surface area contributed by atoms with Crippen LogP contribution in [0.5, 0.6) is 11.5 Å². The van der Waals surface area contributed by atoms with Crippen LogP contribution in [0.3, 0.4) is 0 Å². The summed E-state index contributed by atoms with van der Waals surface area (Å²) in [6.45, 7) is -0.0209. The number of nitrogens with zero attached hydrogens (tertiary/aromatic N) is 1. The summed E-state index contributed by atoms with van der Waals surface area (Å²) < 4.78 is 16.1. The third kappa shape index (κ3) is 3.70. The molecule has 0 unspecified atom stereocenters. The smallest absolute Gasteiger partial charge is 0.221 e. The van der Waals surface area contributed by atoms with Gasteiger partial charge in [-0.2, -0.15) is 5.26 Å². The molecule has 0 radical (unpaired) electrons. The van der Waals surface area contributed by atoms with Crippen LogP contribution in [0, 0.1) is 11.3 Å². The van der Waals surface area contributed by atoms with Crippen LogP contribution in [-0.4, -0.2) is 19.5 Å². The zero-order chi connectivity index (χ0) is 17.6. The van der Waals surface area contributed by atoms with Gasteiger partial charge in [-0.15, -0.1) is 0 Å². The Bertz CT molecular complexity index is 979. The third-order valence-electron chi connectivity index (χ3n) is 3.56. The summed E-state index contributed by atoms with van der Waals surface area (Å²) in [5.41, 5.74) is 1.34. The molecule has 124 valence electrons. The number of furan rings is 1. The lowest BCUT2D eigenvalue weighted by molar-refractivity contribution is 0.102. The van der Waals surface area contributed by atoms with Gasteiger partial charge < -0.3 is 13.9 Å². The first kappa shape index (κ1) is 16.3. The van der Waals surface area contributed by atoms with Crippen LogP contribution < -0.4 is 9.47 Å². The molecule has 0 saturated heterocycles. The van der Waals surface area contributed by atoms with Crippen LogP contribution in [0.1, 0.15) is 16.1 Å². The van der Waals surface area contributed by atoms with Crippen molar-refractivity contribution in [2.75, 3.05) is 13.7 Å². The molecule has 0 spiro atoms. The molecule has 5 nitrogen and oxygen atoms in total. The van der Waals surface area contributed by atoms with Gasteiger partial charge in [0.05, 0.1) is 7.11 Å². The standard InChI is InChI=1S/C20H15NO4/c1-23-18-7-3-5-15-13-19(25-20(15)18)17(22)9-8-14-4-2-6-16(12-14)24-11-10-21/h2-9,12-13H,11H2,1H3/b9-8-. The fraction of sp³-hybridized carbons (Fsp3) is 0.100. The van der Waals surface area contributed by atoms with Crippen LogP contribution in [0.4, 0.5) is 0 Å². The maximum absolute atomic E-state index is 12.3. The Labute approximate surface area is 144 Å². The molecule has 0 aliphatic carbocycles. The maximum atomic E-state index is 12.3. The second kappa shape index (κ2) is 7.37. The Kier molecular flexibility index (Phi) is 4.82. The van der Waals surface area contributed by atoms with E-state index < -0.39 is 0 Å². The summed E-state index contributed by atoms with van der Waals surface area (Å²) in [6, 6.07) is 16.2. The van der Waals surface area contributed by atoms with Gasteiger partial charge in [0, 0.05) is 5.39 Å². The number of hydrogen-bond donors (Lipinski definition) is 0. The summed E-state index contributed by atoms with van der Waals surface area (Å²) in [4.78, 5) is 12.3. The lowest BCUT2D eigenvalue weighted by atomic mass is 10.1. The third-order valence-corrected chi connectivity index (χ3v) is 3.56. The van der Waals surface area contributed by atoms with Crippen molar-refractivity contribution in [2.45, 2.75) is 0 Å². The van der Waals surface area contributed by atoms with Gasteiger partial charge in [0.25, 0.3) is 0 Å². The number of ether oxygens (including phenoxy) is 2. The molecule has 0 aliphatic rings. The summed E-state index contributed by atoms with van der Waals surface area (Å²) in [6.07, 6.45) is 3.11. The highest BCUT2D eigenvalue weighted by atomic mass is 16.5. The Balaban J connectivity index is 1.80. The number of allylic oxidation sites excluding steroid dienone is 1. The van der Waals surface area contributed by atoms with Gasteiger partial charge >= 0.3 is 0 Å². The van der Waals surface area contributed by atoms with Crippen molar-refractivity contribution < 1.29 is 18.7 Å². The molecule has 0 amide bonds. The second-order valence-corrected chi connectivity index (χ2v) is 5.21. The summed E-state index contributed by atoms with van der Waals surface area (Å²) >= 11 is 0. The lowest BCUT2D eigenvalue weighted by Gasteiger charge is -2.01. The monoisotopic (exact) mass is 333 g/mol. The lowest BCUT2D eigenvalue weighted by Crippen LogP contribution is -1.93. The molecule has 1 heterocycles. The molecule has 3 aromatic rings. The molecule has 0 bridgehead atoms. The maximum Gasteiger partial charge on any atom is 0.221 e. The molecule has 0 aliphatic heterocycles. The van der Waals surface area contributed by atoms with Crippen LogP contribution in [0.25, 0.3) is 17.0 Å². The van der Waals surface area contributed by atoms with E-state index in [2.05, 4.69) is 0 Å². The van der Waals surface area contributed by atoms with E-state index >= 15 is 0 Å². The summed E-state index contributed by atoms with van der Waals surface area (Å²) in [5.74, 6) is 1.15. The van der Waals surface area contributed by atoms with E-state index in [9.17, 15) is 4.79 Å². The average molecular weight is 333 g/mol. The van der Waals surface area contributed by atoms with Crippen molar-refractivity contribution in [1.82, 2.24) is 0 Å². The predicted octanol–water partition coefficient (Wildman–Crippen LogP) is 4.24. The van der Waals surface area contributed by atoms with E-state index in [0.717, 1.165) is 10.9 Å². The highest BCUT2D eigenvalue weighted by molar-refractivity contribution is 6.07. The van der Waals surface area contributed by atoms with Gasteiger partial charge in [-0.25, -0.2) is 0 Å². The van der Waals surface area contributed by atoms with Crippen molar-refractivity contribution in [3.63, 3.8) is 0 Å². The van der Waals surface area contributed by atoms with E-state index in [1.807, 2.05) is 24.3 Å². The largest absolute Gasteiger partial charge is 0.493 e. The van der Waals surface area contributed by atoms with Gasteiger partial charge in [0.15, 0.2) is 23.7 Å². The molecule has 0 saturated carbocycles. The minimum Gasteiger partial charge on any atom is -0.493 e. The van der Waals surface area contributed by atoms with Gasteiger partial charge in [-0.05, 0) is 35.9 Å². The zero-order valence-corrected chi connectivity index (χ0v) is 13.6. The second-order valence-electron chi connectivity index (χ2n) is 5.21. The molecule has 0 fully saturated rings. The predicted molar refractivity (Wildman–Crippen MR) is 93.7 cm³/mol. The number of benzene rings is 2. The molecule has 0 N–H and O–H groups in total. The Hall–Kier alpha value is -3.52. The zero-order valence-electron chi connectivity index (χ0n) is 13.6. The number of carbonyl (C=O) groups excluding carboxylic acids is 1. The van der Waals surface area contributed by atoms with E-state index in [1.54, 1.807) is 43.5 Å². The van der Waals surface area contributed by atoms with Gasteiger partial charge in [0.1, 0.15) is 11.8 Å². The van der Waals surface area contributed by atoms with Crippen molar-refractivity contribution in [1.29, 1.82) is 5.26 Å². The van der Waals surface area contributed by atoms with Crippen LogP contribution in [0.2, 0.25) is 0 Å². The number of ketones is 1. The first-order valence-corrected chi connectivity index (χ1v) is 7.60. The summed E-state index contributed by atoms with van der Waals surface area (Å²) in [7, 11) is 1.56. The van der Waals surface area contributed by atoms with Crippen LogP contribution in [0.15, 0.2) is 59.0 Å². The van der Waals surface area contributed by atoms with E-state index in [4.69, 9.17) is 19.2 Å². The quantitative estimate of drug-likeness (QED) is 0.498. The fourth-order valence-corrected chi connectivity index (χ4v) is 2.40. The highest BCUT2D eigenvalue weighted by Gasteiger charge is 2.12.